The average Bonchev–Trinajstić information content (AvgIpc) is 2.63. The molecule has 1 aromatic carbocycles. The van der Waals surface area contributed by atoms with Gasteiger partial charge < -0.3 is 5.11 Å². The van der Waals surface area contributed by atoms with Crippen molar-refractivity contribution in [1.82, 2.24) is 14.3 Å². The van der Waals surface area contributed by atoms with Gasteiger partial charge in [0.2, 0.25) is 0 Å². The van der Waals surface area contributed by atoms with Gasteiger partial charge in [-0.1, -0.05) is 17.7 Å². The van der Waals surface area contributed by atoms with Gasteiger partial charge in [-0.05, 0) is 17.7 Å². The molecule has 1 N–H and O–H groups in total. The fourth-order valence-corrected chi connectivity index (χ4v) is 1.74. The molecule has 0 spiro atoms. The van der Waals surface area contributed by atoms with Crippen LogP contribution in [0.25, 0.3) is 0 Å². The zero-order chi connectivity index (χ0) is 13.3. The number of halogens is 1. The molecule has 6 nitrogen and oxygen atoms in total. The Kier molecular flexibility index (Phi) is 3.20. The Bertz CT molecular complexity index is 660. The summed E-state index contributed by atoms with van der Waals surface area (Å²) in [4.78, 5) is 22.3. The first-order valence-corrected chi connectivity index (χ1v) is 5.47. The molecule has 0 aliphatic carbocycles. The molecule has 2 aromatic rings. The van der Waals surface area contributed by atoms with E-state index < -0.39 is 5.97 Å². The fraction of sp³-hybridized carbons (Fsp3) is 0.182. The van der Waals surface area contributed by atoms with Gasteiger partial charge in [0.15, 0.2) is 0 Å². The van der Waals surface area contributed by atoms with Crippen molar-refractivity contribution in [2.75, 3.05) is 0 Å². The molecule has 1 heterocycles. The standard InChI is InChI=1S/C11H10ClN3O3/c1-14-6-13-15(11(14)18)5-8-3-2-7(10(16)17)4-9(8)12/h2-4,6H,5H2,1H3,(H,16,17). The van der Waals surface area contributed by atoms with Crippen LogP contribution in [0.1, 0.15) is 15.9 Å². The summed E-state index contributed by atoms with van der Waals surface area (Å²) in [5, 5.41) is 13.0. The molecule has 0 amide bonds. The number of carbonyl (C=O) groups is 1. The van der Waals surface area contributed by atoms with Crippen LogP contribution in [0, 0.1) is 0 Å². The van der Waals surface area contributed by atoms with E-state index in [1.54, 1.807) is 13.1 Å². The highest BCUT2D eigenvalue weighted by atomic mass is 35.5. The summed E-state index contributed by atoms with van der Waals surface area (Å²) in [5.74, 6) is -1.04. The number of aromatic carboxylic acids is 1. The van der Waals surface area contributed by atoms with Crippen LogP contribution in [0.3, 0.4) is 0 Å². The number of hydrogen-bond acceptors (Lipinski definition) is 3. The summed E-state index contributed by atoms with van der Waals surface area (Å²) < 4.78 is 2.60. The summed E-state index contributed by atoms with van der Waals surface area (Å²) in [7, 11) is 1.60. The van der Waals surface area contributed by atoms with E-state index >= 15 is 0 Å². The van der Waals surface area contributed by atoms with Gasteiger partial charge in [-0.2, -0.15) is 5.10 Å². The second-order valence-corrected chi connectivity index (χ2v) is 4.20. The first-order valence-electron chi connectivity index (χ1n) is 5.09. The van der Waals surface area contributed by atoms with Crippen molar-refractivity contribution >= 4 is 17.6 Å². The quantitative estimate of drug-likeness (QED) is 0.899. The zero-order valence-corrected chi connectivity index (χ0v) is 10.3. The number of carboxylic acids is 1. The Morgan fingerprint density at radius 3 is 2.72 bits per heavy atom. The molecule has 0 aliphatic heterocycles. The molecule has 1 aromatic heterocycles. The second kappa shape index (κ2) is 4.66. The maximum atomic E-state index is 11.6. The second-order valence-electron chi connectivity index (χ2n) is 3.79. The molecule has 0 atom stereocenters. The normalized spacial score (nSPS) is 10.6. The SMILES string of the molecule is Cn1cnn(Cc2ccc(C(=O)O)cc2Cl)c1=O. The highest BCUT2D eigenvalue weighted by molar-refractivity contribution is 6.31. The molecular weight excluding hydrogens is 258 g/mol. The van der Waals surface area contributed by atoms with Crippen LogP contribution in [0.4, 0.5) is 0 Å². The van der Waals surface area contributed by atoms with Gasteiger partial charge in [0.1, 0.15) is 6.33 Å². The van der Waals surface area contributed by atoms with Crippen molar-refractivity contribution in [3.05, 3.63) is 51.2 Å². The number of rotatable bonds is 3. The minimum Gasteiger partial charge on any atom is -0.478 e. The predicted octanol–water partition coefficient (Wildman–Crippen LogP) is 0.982. The van der Waals surface area contributed by atoms with E-state index in [-0.39, 0.29) is 17.8 Å². The summed E-state index contributed by atoms with van der Waals surface area (Å²) in [6.45, 7) is 0.207. The Morgan fingerprint density at radius 1 is 1.50 bits per heavy atom. The molecule has 0 aliphatic rings. The molecule has 0 bridgehead atoms. The van der Waals surface area contributed by atoms with Gasteiger partial charge in [0, 0.05) is 12.1 Å². The smallest absolute Gasteiger partial charge is 0.345 e. The van der Waals surface area contributed by atoms with Gasteiger partial charge in [0.05, 0.1) is 12.1 Å². The third-order valence-electron chi connectivity index (χ3n) is 2.51. The summed E-state index contributed by atoms with van der Waals surface area (Å²) in [5.41, 5.74) is 0.493. The minimum absolute atomic E-state index is 0.108. The molecule has 0 radical (unpaired) electrons. The summed E-state index contributed by atoms with van der Waals surface area (Å²) in [6.07, 6.45) is 1.40. The Hall–Kier alpha value is -2.08. The van der Waals surface area contributed by atoms with Crippen LogP contribution in [0.15, 0.2) is 29.3 Å². The molecule has 94 valence electrons. The number of benzene rings is 1. The Morgan fingerprint density at radius 2 is 2.22 bits per heavy atom. The van der Waals surface area contributed by atoms with Crippen molar-refractivity contribution in [1.29, 1.82) is 0 Å². The number of aromatic nitrogens is 3. The Labute approximate surface area is 107 Å². The highest BCUT2D eigenvalue weighted by Crippen LogP contribution is 2.18. The Balaban J connectivity index is 2.33. The molecule has 2 rings (SSSR count). The van der Waals surface area contributed by atoms with E-state index in [0.717, 1.165) is 0 Å². The lowest BCUT2D eigenvalue weighted by Crippen LogP contribution is -2.23. The van der Waals surface area contributed by atoms with Crippen LogP contribution < -0.4 is 5.69 Å². The molecule has 0 saturated heterocycles. The van der Waals surface area contributed by atoms with E-state index in [0.29, 0.717) is 10.6 Å². The predicted molar refractivity (Wildman–Crippen MR) is 65.0 cm³/mol. The van der Waals surface area contributed by atoms with Gasteiger partial charge in [-0.25, -0.2) is 14.3 Å². The monoisotopic (exact) mass is 267 g/mol. The lowest BCUT2D eigenvalue weighted by molar-refractivity contribution is 0.0697. The fourth-order valence-electron chi connectivity index (χ4n) is 1.50. The maximum Gasteiger partial charge on any atom is 0.345 e. The van der Waals surface area contributed by atoms with E-state index in [1.165, 1.54) is 27.7 Å². The lowest BCUT2D eigenvalue weighted by Gasteiger charge is -2.04. The van der Waals surface area contributed by atoms with Crippen molar-refractivity contribution in [2.45, 2.75) is 6.54 Å². The van der Waals surface area contributed by atoms with Crippen molar-refractivity contribution < 1.29 is 9.90 Å². The van der Waals surface area contributed by atoms with E-state index in [4.69, 9.17) is 16.7 Å². The van der Waals surface area contributed by atoms with Crippen LogP contribution in [-0.2, 0) is 13.6 Å². The van der Waals surface area contributed by atoms with Gasteiger partial charge in [0.25, 0.3) is 0 Å². The van der Waals surface area contributed by atoms with Crippen molar-refractivity contribution in [3.8, 4) is 0 Å². The van der Waals surface area contributed by atoms with E-state index in [2.05, 4.69) is 5.10 Å². The van der Waals surface area contributed by atoms with Crippen LogP contribution in [-0.4, -0.2) is 25.4 Å². The molecular formula is C11H10ClN3O3. The number of aryl methyl sites for hydroxylation is 1. The first kappa shape index (κ1) is 12.4. The lowest BCUT2D eigenvalue weighted by atomic mass is 10.1. The third kappa shape index (κ3) is 2.28. The van der Waals surface area contributed by atoms with Crippen LogP contribution >= 0.6 is 11.6 Å². The zero-order valence-electron chi connectivity index (χ0n) is 9.50. The van der Waals surface area contributed by atoms with E-state index in [9.17, 15) is 9.59 Å². The van der Waals surface area contributed by atoms with Crippen molar-refractivity contribution in [2.24, 2.45) is 7.05 Å². The number of nitrogens with zero attached hydrogens (tertiary/aromatic N) is 3. The van der Waals surface area contributed by atoms with Gasteiger partial charge in [-0.3, -0.25) is 4.57 Å². The summed E-state index contributed by atoms with van der Waals surface area (Å²) in [6, 6.07) is 4.37. The maximum absolute atomic E-state index is 11.6. The van der Waals surface area contributed by atoms with Crippen LogP contribution in [0.5, 0.6) is 0 Å². The highest BCUT2D eigenvalue weighted by Gasteiger charge is 2.09. The molecule has 0 fully saturated rings. The van der Waals surface area contributed by atoms with Crippen molar-refractivity contribution in [3.63, 3.8) is 0 Å². The minimum atomic E-state index is -1.04. The third-order valence-corrected chi connectivity index (χ3v) is 2.86. The topological polar surface area (TPSA) is 77.1 Å². The molecule has 18 heavy (non-hydrogen) atoms. The summed E-state index contributed by atoms with van der Waals surface area (Å²) >= 11 is 5.97. The molecule has 0 saturated carbocycles. The van der Waals surface area contributed by atoms with Gasteiger partial charge >= 0.3 is 11.7 Å². The first-order chi connectivity index (χ1) is 8.49. The number of carboxylic acid groups (broad SMARTS) is 1. The average molecular weight is 268 g/mol. The largest absolute Gasteiger partial charge is 0.478 e. The molecule has 0 unspecified atom stereocenters. The van der Waals surface area contributed by atoms with Crippen LogP contribution in [0.2, 0.25) is 5.02 Å². The van der Waals surface area contributed by atoms with E-state index in [1.807, 2.05) is 0 Å². The number of hydrogen-bond donors (Lipinski definition) is 1. The molecule has 7 heteroatoms. The van der Waals surface area contributed by atoms with Gasteiger partial charge in [-0.15, -0.1) is 0 Å².